The van der Waals surface area contributed by atoms with Gasteiger partial charge in [0.05, 0.1) is 0 Å². The summed E-state index contributed by atoms with van der Waals surface area (Å²) >= 11 is 0. The standard InChI is InChI=1S/C19H27N3O2/c20-18(24)21-14-15-4-6-16(7-5-15)17(23)22-12-10-19(11-13-22)8-2-1-3-9-19/h4-7H,1-3,8-14H2,(H3,20,21,24). The molecule has 24 heavy (non-hydrogen) atoms. The quantitative estimate of drug-likeness (QED) is 0.894. The second kappa shape index (κ2) is 7.24. The summed E-state index contributed by atoms with van der Waals surface area (Å²) in [5.41, 5.74) is 7.23. The fourth-order valence-electron chi connectivity index (χ4n) is 4.12. The Balaban J connectivity index is 1.56. The normalized spacial score (nSPS) is 19.9. The maximum Gasteiger partial charge on any atom is 0.312 e. The van der Waals surface area contributed by atoms with Crippen molar-refractivity contribution in [2.75, 3.05) is 13.1 Å². The molecule has 3 rings (SSSR count). The third-order valence-corrected chi connectivity index (χ3v) is 5.69. The molecule has 3 N–H and O–H groups in total. The molecule has 0 radical (unpaired) electrons. The molecule has 1 saturated carbocycles. The Kier molecular flexibility index (Phi) is 5.07. The SMILES string of the molecule is NC(=O)NCc1ccc(C(=O)N2CCC3(CCCCC3)CC2)cc1. The van der Waals surface area contributed by atoms with Crippen LogP contribution in [0.5, 0.6) is 0 Å². The van der Waals surface area contributed by atoms with Gasteiger partial charge in [-0.15, -0.1) is 0 Å². The van der Waals surface area contributed by atoms with Crippen LogP contribution < -0.4 is 11.1 Å². The molecule has 0 unspecified atom stereocenters. The van der Waals surface area contributed by atoms with Crippen molar-refractivity contribution in [1.29, 1.82) is 0 Å². The van der Waals surface area contributed by atoms with Crippen molar-refractivity contribution >= 4 is 11.9 Å². The van der Waals surface area contributed by atoms with Gasteiger partial charge in [0.25, 0.3) is 5.91 Å². The molecular formula is C19H27N3O2. The van der Waals surface area contributed by atoms with Crippen molar-refractivity contribution in [2.45, 2.75) is 51.5 Å². The highest BCUT2D eigenvalue weighted by Gasteiger charge is 2.36. The van der Waals surface area contributed by atoms with Crippen LogP contribution in [-0.4, -0.2) is 29.9 Å². The number of nitrogens with zero attached hydrogens (tertiary/aromatic N) is 1. The fraction of sp³-hybridized carbons (Fsp3) is 0.579. The minimum absolute atomic E-state index is 0.120. The Labute approximate surface area is 143 Å². The van der Waals surface area contributed by atoms with Crippen LogP contribution in [-0.2, 0) is 6.54 Å². The lowest BCUT2D eigenvalue weighted by molar-refractivity contribution is 0.0472. The second-order valence-electron chi connectivity index (χ2n) is 7.27. The van der Waals surface area contributed by atoms with Gasteiger partial charge in [0.2, 0.25) is 0 Å². The number of rotatable bonds is 3. The van der Waals surface area contributed by atoms with E-state index in [-0.39, 0.29) is 5.91 Å². The first-order valence-corrected chi connectivity index (χ1v) is 9.00. The number of benzene rings is 1. The molecule has 1 aromatic carbocycles. The molecule has 1 aliphatic carbocycles. The molecule has 1 spiro atoms. The van der Waals surface area contributed by atoms with Gasteiger partial charge in [-0.25, -0.2) is 4.79 Å². The number of nitrogens with one attached hydrogen (secondary N) is 1. The van der Waals surface area contributed by atoms with Crippen molar-refractivity contribution in [3.05, 3.63) is 35.4 Å². The van der Waals surface area contributed by atoms with Crippen LogP contribution in [0.4, 0.5) is 4.79 Å². The molecule has 2 fully saturated rings. The van der Waals surface area contributed by atoms with Gasteiger partial charge < -0.3 is 16.0 Å². The highest BCUT2D eigenvalue weighted by molar-refractivity contribution is 5.94. The molecule has 1 saturated heterocycles. The Morgan fingerprint density at radius 2 is 1.62 bits per heavy atom. The van der Waals surface area contributed by atoms with E-state index in [9.17, 15) is 9.59 Å². The number of piperidine rings is 1. The summed E-state index contributed by atoms with van der Waals surface area (Å²) in [5.74, 6) is 0.120. The molecule has 130 valence electrons. The van der Waals surface area contributed by atoms with Crippen LogP contribution in [0, 0.1) is 5.41 Å². The minimum Gasteiger partial charge on any atom is -0.352 e. The summed E-state index contributed by atoms with van der Waals surface area (Å²) in [6, 6.07) is 6.88. The lowest BCUT2D eigenvalue weighted by atomic mass is 9.68. The zero-order chi connectivity index (χ0) is 17.0. The van der Waals surface area contributed by atoms with E-state index in [2.05, 4.69) is 5.32 Å². The predicted octanol–water partition coefficient (Wildman–Crippen LogP) is 3.04. The average Bonchev–Trinajstić information content (AvgIpc) is 2.61. The maximum atomic E-state index is 12.7. The average molecular weight is 329 g/mol. The van der Waals surface area contributed by atoms with Gasteiger partial charge in [0, 0.05) is 25.2 Å². The molecular weight excluding hydrogens is 302 g/mol. The van der Waals surface area contributed by atoms with Gasteiger partial charge in [-0.05, 0) is 48.8 Å². The molecule has 2 aliphatic rings. The number of hydrogen-bond donors (Lipinski definition) is 2. The Morgan fingerprint density at radius 1 is 1.00 bits per heavy atom. The van der Waals surface area contributed by atoms with Gasteiger partial charge in [0.15, 0.2) is 0 Å². The van der Waals surface area contributed by atoms with Gasteiger partial charge in [0.1, 0.15) is 0 Å². The highest BCUT2D eigenvalue weighted by Crippen LogP contribution is 2.44. The van der Waals surface area contributed by atoms with Crippen molar-refractivity contribution < 1.29 is 9.59 Å². The summed E-state index contributed by atoms with van der Waals surface area (Å²) in [6.07, 6.45) is 9.08. The van der Waals surface area contributed by atoms with E-state index in [1.54, 1.807) is 0 Å². The van der Waals surface area contributed by atoms with Crippen LogP contribution in [0.3, 0.4) is 0 Å². The van der Waals surface area contributed by atoms with Gasteiger partial charge >= 0.3 is 6.03 Å². The summed E-state index contributed by atoms with van der Waals surface area (Å²) in [6.45, 7) is 2.14. The Hall–Kier alpha value is -2.04. The van der Waals surface area contributed by atoms with Crippen LogP contribution in [0.1, 0.15) is 60.9 Å². The first-order valence-electron chi connectivity index (χ1n) is 9.00. The lowest BCUT2D eigenvalue weighted by Gasteiger charge is -2.44. The third kappa shape index (κ3) is 3.89. The monoisotopic (exact) mass is 329 g/mol. The number of hydrogen-bond acceptors (Lipinski definition) is 2. The van der Waals surface area contributed by atoms with Crippen molar-refractivity contribution in [1.82, 2.24) is 10.2 Å². The van der Waals surface area contributed by atoms with E-state index in [1.165, 1.54) is 32.1 Å². The van der Waals surface area contributed by atoms with Crippen LogP contribution in [0.15, 0.2) is 24.3 Å². The van der Waals surface area contributed by atoms with Gasteiger partial charge in [-0.2, -0.15) is 0 Å². The number of amides is 3. The molecule has 1 aliphatic heterocycles. The molecule has 5 heteroatoms. The first-order chi connectivity index (χ1) is 11.6. The Bertz CT molecular complexity index is 581. The number of likely N-dealkylation sites (tertiary alicyclic amines) is 1. The van der Waals surface area contributed by atoms with Crippen molar-refractivity contribution in [3.63, 3.8) is 0 Å². The number of nitrogens with two attached hydrogens (primary N) is 1. The zero-order valence-electron chi connectivity index (χ0n) is 14.2. The second-order valence-corrected chi connectivity index (χ2v) is 7.27. The third-order valence-electron chi connectivity index (χ3n) is 5.69. The highest BCUT2D eigenvalue weighted by atomic mass is 16.2. The maximum absolute atomic E-state index is 12.7. The largest absolute Gasteiger partial charge is 0.352 e. The number of primary amides is 1. The number of carbonyl (C=O) groups excluding carboxylic acids is 2. The molecule has 0 bridgehead atoms. The lowest BCUT2D eigenvalue weighted by Crippen LogP contribution is -2.43. The molecule has 0 aromatic heterocycles. The van der Waals surface area contributed by atoms with Crippen LogP contribution in [0.25, 0.3) is 0 Å². The van der Waals surface area contributed by atoms with Crippen LogP contribution >= 0.6 is 0 Å². The van der Waals surface area contributed by atoms with Crippen molar-refractivity contribution in [2.24, 2.45) is 11.1 Å². The topological polar surface area (TPSA) is 75.4 Å². The minimum atomic E-state index is -0.542. The van der Waals surface area contributed by atoms with E-state index in [4.69, 9.17) is 5.73 Å². The summed E-state index contributed by atoms with van der Waals surface area (Å²) in [5, 5.41) is 2.55. The number of urea groups is 1. The Morgan fingerprint density at radius 3 is 2.21 bits per heavy atom. The van der Waals surface area contributed by atoms with Crippen LogP contribution in [0.2, 0.25) is 0 Å². The van der Waals surface area contributed by atoms with E-state index in [0.29, 0.717) is 12.0 Å². The van der Waals surface area contributed by atoms with E-state index in [1.807, 2.05) is 29.2 Å². The van der Waals surface area contributed by atoms with Gasteiger partial charge in [-0.3, -0.25) is 4.79 Å². The van der Waals surface area contributed by atoms with Crippen molar-refractivity contribution in [3.8, 4) is 0 Å². The molecule has 3 amide bonds. The molecule has 5 nitrogen and oxygen atoms in total. The molecule has 1 aromatic rings. The summed E-state index contributed by atoms with van der Waals surface area (Å²) in [4.78, 5) is 25.4. The zero-order valence-corrected chi connectivity index (χ0v) is 14.2. The summed E-state index contributed by atoms with van der Waals surface area (Å²) < 4.78 is 0. The smallest absolute Gasteiger partial charge is 0.312 e. The van der Waals surface area contributed by atoms with Gasteiger partial charge in [-0.1, -0.05) is 31.4 Å². The summed E-state index contributed by atoms with van der Waals surface area (Å²) in [7, 11) is 0. The fourth-order valence-corrected chi connectivity index (χ4v) is 4.12. The number of carbonyl (C=O) groups is 2. The predicted molar refractivity (Wildman–Crippen MR) is 93.5 cm³/mol. The van der Waals surface area contributed by atoms with E-state index in [0.717, 1.165) is 37.1 Å². The van der Waals surface area contributed by atoms with E-state index >= 15 is 0 Å². The van der Waals surface area contributed by atoms with E-state index < -0.39 is 6.03 Å². The molecule has 0 atom stereocenters. The molecule has 1 heterocycles. The first kappa shape index (κ1) is 16.8.